The number of carbonyl (C=O) groups is 3. The third-order valence-corrected chi connectivity index (χ3v) is 4.98. The van der Waals surface area contributed by atoms with E-state index in [0.29, 0.717) is 5.75 Å². The number of aliphatic carboxylic acids is 1. The number of amides is 2. The number of nitrogens with one attached hydrogen (secondary N) is 1. The molecule has 0 bridgehead atoms. The van der Waals surface area contributed by atoms with Crippen LogP contribution < -0.4 is 10.1 Å². The van der Waals surface area contributed by atoms with Crippen LogP contribution in [0.15, 0.2) is 24.3 Å². The van der Waals surface area contributed by atoms with Crippen molar-refractivity contribution in [2.45, 2.75) is 31.7 Å². The first-order valence-electron chi connectivity index (χ1n) is 8.90. The molecule has 0 aromatic heterocycles. The fourth-order valence-corrected chi connectivity index (χ4v) is 3.34. The average Bonchev–Trinajstić information content (AvgIpc) is 3.45. The highest BCUT2D eigenvalue weighted by atomic mass is 16.5. The molecule has 0 radical (unpaired) electrons. The quantitative estimate of drug-likeness (QED) is 0.791. The maximum atomic E-state index is 12.8. The van der Waals surface area contributed by atoms with E-state index in [1.165, 1.54) is 4.90 Å². The maximum absolute atomic E-state index is 12.8. The molecule has 1 aliphatic heterocycles. The lowest BCUT2D eigenvalue weighted by Gasteiger charge is -2.35. The van der Waals surface area contributed by atoms with E-state index in [-0.39, 0.29) is 43.8 Å². The number of hydrogen-bond acceptors (Lipinski definition) is 4. The molecule has 1 heterocycles. The number of carboxylic acids is 1. The summed E-state index contributed by atoms with van der Waals surface area (Å²) in [6.07, 6.45) is 2.33. The van der Waals surface area contributed by atoms with Crippen molar-refractivity contribution in [3.63, 3.8) is 0 Å². The van der Waals surface area contributed by atoms with Crippen LogP contribution >= 0.6 is 0 Å². The number of carboxylic acid groups (broad SMARTS) is 1. The van der Waals surface area contributed by atoms with Crippen LogP contribution in [-0.4, -0.2) is 54.0 Å². The zero-order valence-corrected chi connectivity index (χ0v) is 14.8. The largest absolute Gasteiger partial charge is 0.496 e. The molecule has 0 spiro atoms. The van der Waals surface area contributed by atoms with Gasteiger partial charge in [-0.05, 0) is 25.3 Å². The minimum atomic E-state index is -0.969. The maximum Gasteiger partial charge on any atom is 0.308 e. The lowest BCUT2D eigenvalue weighted by molar-refractivity contribution is -0.148. The highest BCUT2D eigenvalue weighted by molar-refractivity contribution is 5.84. The van der Waals surface area contributed by atoms with Crippen molar-refractivity contribution in [3.8, 4) is 5.75 Å². The van der Waals surface area contributed by atoms with E-state index < -0.39 is 17.8 Å². The van der Waals surface area contributed by atoms with Gasteiger partial charge in [-0.15, -0.1) is 0 Å². The molecule has 2 fully saturated rings. The monoisotopic (exact) mass is 360 g/mol. The molecule has 1 saturated carbocycles. The van der Waals surface area contributed by atoms with Gasteiger partial charge in [0, 0.05) is 24.7 Å². The van der Waals surface area contributed by atoms with E-state index in [9.17, 15) is 19.5 Å². The number of benzene rings is 1. The predicted molar refractivity (Wildman–Crippen MR) is 93.7 cm³/mol. The normalized spacial score (nSPS) is 22.6. The molecule has 7 nitrogen and oxygen atoms in total. The molecule has 140 valence electrons. The van der Waals surface area contributed by atoms with E-state index >= 15 is 0 Å². The SMILES string of the molecule is COc1ccccc1CC(=O)N1C[C@@H](C(=O)O)C[C@@H](C(=O)NC2CC2)C1. The Hall–Kier alpha value is -2.57. The molecule has 26 heavy (non-hydrogen) atoms. The number of ether oxygens (including phenoxy) is 1. The van der Waals surface area contributed by atoms with Crippen LogP contribution in [0.5, 0.6) is 5.75 Å². The Morgan fingerprint density at radius 2 is 1.88 bits per heavy atom. The van der Waals surface area contributed by atoms with Gasteiger partial charge in [0.15, 0.2) is 0 Å². The number of nitrogens with zero attached hydrogens (tertiary/aromatic N) is 1. The summed E-state index contributed by atoms with van der Waals surface area (Å²) in [5.74, 6) is -1.88. The van der Waals surface area contributed by atoms with Gasteiger partial charge in [-0.2, -0.15) is 0 Å². The molecular weight excluding hydrogens is 336 g/mol. The molecule has 2 atom stereocenters. The minimum absolute atomic E-state index is 0.118. The Labute approximate surface area is 152 Å². The topological polar surface area (TPSA) is 95.9 Å². The van der Waals surface area contributed by atoms with Crippen molar-refractivity contribution in [3.05, 3.63) is 29.8 Å². The smallest absolute Gasteiger partial charge is 0.308 e. The first-order chi connectivity index (χ1) is 12.5. The summed E-state index contributed by atoms with van der Waals surface area (Å²) in [4.78, 5) is 38.1. The van der Waals surface area contributed by atoms with Crippen LogP contribution in [-0.2, 0) is 20.8 Å². The van der Waals surface area contributed by atoms with Gasteiger partial charge >= 0.3 is 5.97 Å². The van der Waals surface area contributed by atoms with Gasteiger partial charge in [0.25, 0.3) is 0 Å². The molecule has 0 unspecified atom stereocenters. The molecule has 1 saturated heterocycles. The Balaban J connectivity index is 1.70. The summed E-state index contributed by atoms with van der Waals surface area (Å²) in [5.41, 5.74) is 0.747. The zero-order valence-electron chi connectivity index (χ0n) is 14.8. The Bertz CT molecular complexity index is 701. The Kier molecular flexibility index (Phi) is 5.44. The van der Waals surface area contributed by atoms with E-state index in [1.54, 1.807) is 13.2 Å². The number of piperidine rings is 1. The summed E-state index contributed by atoms with van der Waals surface area (Å²) in [6.45, 7) is 0.396. The molecule has 2 aliphatic rings. The van der Waals surface area contributed by atoms with Gasteiger partial charge in [-0.25, -0.2) is 0 Å². The first kappa shape index (κ1) is 18.2. The number of carbonyl (C=O) groups excluding carboxylic acids is 2. The van der Waals surface area contributed by atoms with Gasteiger partial charge in [0.2, 0.25) is 11.8 Å². The third-order valence-electron chi connectivity index (χ3n) is 4.98. The Morgan fingerprint density at radius 3 is 2.54 bits per heavy atom. The van der Waals surface area contributed by atoms with Crippen molar-refractivity contribution < 1.29 is 24.2 Å². The number of methoxy groups -OCH3 is 1. The number of rotatable bonds is 6. The molecule has 1 aromatic carbocycles. The predicted octanol–water partition coefficient (Wildman–Crippen LogP) is 1.07. The number of likely N-dealkylation sites (tertiary alicyclic amines) is 1. The van der Waals surface area contributed by atoms with Crippen LogP contribution in [0.3, 0.4) is 0 Å². The van der Waals surface area contributed by atoms with Crippen LogP contribution in [0.1, 0.15) is 24.8 Å². The fraction of sp³-hybridized carbons (Fsp3) is 0.526. The van der Waals surface area contributed by atoms with Crippen molar-refractivity contribution in [2.75, 3.05) is 20.2 Å². The standard InChI is InChI=1S/C19H24N2O5/c1-26-16-5-3-2-4-12(16)9-17(22)21-10-13(8-14(11-21)19(24)25)18(23)20-15-6-7-15/h2-5,13-15H,6-11H2,1H3,(H,20,23)(H,24,25)/t13-,14+/m1/s1. The average molecular weight is 360 g/mol. The third kappa shape index (κ3) is 4.33. The second-order valence-electron chi connectivity index (χ2n) is 7.04. The summed E-state index contributed by atoms with van der Waals surface area (Å²) < 4.78 is 5.27. The molecule has 2 N–H and O–H groups in total. The highest BCUT2D eigenvalue weighted by Gasteiger charge is 2.38. The lowest BCUT2D eigenvalue weighted by Crippen LogP contribution is -2.51. The summed E-state index contributed by atoms with van der Waals surface area (Å²) in [7, 11) is 1.54. The number of para-hydroxylation sites is 1. The van der Waals surface area contributed by atoms with Crippen LogP contribution in [0.25, 0.3) is 0 Å². The van der Waals surface area contributed by atoms with Crippen molar-refractivity contribution in [2.24, 2.45) is 11.8 Å². The molecular formula is C19H24N2O5. The number of hydrogen-bond donors (Lipinski definition) is 2. The van der Waals surface area contributed by atoms with Gasteiger partial charge in [-0.3, -0.25) is 14.4 Å². The van der Waals surface area contributed by atoms with Crippen molar-refractivity contribution in [1.29, 1.82) is 0 Å². The Morgan fingerprint density at radius 1 is 1.19 bits per heavy atom. The molecule has 1 aliphatic carbocycles. The van der Waals surface area contributed by atoms with E-state index in [2.05, 4.69) is 5.32 Å². The molecule has 7 heteroatoms. The first-order valence-corrected chi connectivity index (χ1v) is 8.90. The minimum Gasteiger partial charge on any atom is -0.496 e. The van der Waals surface area contributed by atoms with Gasteiger partial charge in [0.1, 0.15) is 5.75 Å². The van der Waals surface area contributed by atoms with Crippen molar-refractivity contribution >= 4 is 17.8 Å². The van der Waals surface area contributed by atoms with Gasteiger partial charge < -0.3 is 20.1 Å². The van der Waals surface area contributed by atoms with Crippen molar-refractivity contribution in [1.82, 2.24) is 10.2 Å². The summed E-state index contributed by atoms with van der Waals surface area (Å²) >= 11 is 0. The zero-order chi connectivity index (χ0) is 18.7. The fourth-order valence-electron chi connectivity index (χ4n) is 3.34. The molecule has 2 amide bonds. The molecule has 3 rings (SSSR count). The second kappa shape index (κ2) is 7.76. The second-order valence-corrected chi connectivity index (χ2v) is 7.04. The van der Waals surface area contributed by atoms with Crippen LogP contribution in [0.4, 0.5) is 0 Å². The summed E-state index contributed by atoms with van der Waals surface area (Å²) in [6, 6.07) is 7.46. The van der Waals surface area contributed by atoms with Crippen LogP contribution in [0, 0.1) is 11.8 Å². The van der Waals surface area contributed by atoms with Gasteiger partial charge in [0.05, 0.1) is 25.4 Å². The van der Waals surface area contributed by atoms with Gasteiger partial charge in [-0.1, -0.05) is 18.2 Å². The van der Waals surface area contributed by atoms with E-state index in [4.69, 9.17) is 4.74 Å². The van der Waals surface area contributed by atoms with E-state index in [0.717, 1.165) is 18.4 Å². The lowest BCUT2D eigenvalue weighted by atomic mass is 9.88. The molecule has 1 aromatic rings. The van der Waals surface area contributed by atoms with E-state index in [1.807, 2.05) is 18.2 Å². The highest BCUT2D eigenvalue weighted by Crippen LogP contribution is 2.26. The van der Waals surface area contributed by atoms with Crippen LogP contribution in [0.2, 0.25) is 0 Å². The summed E-state index contributed by atoms with van der Waals surface area (Å²) in [5, 5.41) is 12.3.